The minimum atomic E-state index is -1.13. The van der Waals surface area contributed by atoms with Crippen LogP contribution in [0, 0.1) is 11.8 Å². The summed E-state index contributed by atoms with van der Waals surface area (Å²) in [7, 11) is 1.92. The quantitative estimate of drug-likeness (QED) is 0.476. The molecular formula is C22H30N6O5S. The molecule has 0 spiro atoms. The minimum absolute atomic E-state index is 0.0236. The Labute approximate surface area is 201 Å². The van der Waals surface area contributed by atoms with Crippen molar-refractivity contribution in [2.45, 2.75) is 56.8 Å². The summed E-state index contributed by atoms with van der Waals surface area (Å²) < 4.78 is 1.92. The Bertz CT molecular complexity index is 1090. The molecule has 5 rings (SSSR count). The van der Waals surface area contributed by atoms with Gasteiger partial charge in [-0.3, -0.25) is 14.5 Å². The number of hydrogen-bond acceptors (Lipinski definition) is 8. The summed E-state index contributed by atoms with van der Waals surface area (Å²) in [6.07, 6.45) is 1.48. The van der Waals surface area contributed by atoms with Crippen molar-refractivity contribution in [2.24, 2.45) is 11.8 Å². The molecule has 5 heterocycles. The standard InChI is InChI=1S/C22H30N6O5S/c1-10-16-15(11(2)29)20(31)28(16)17(21(32)33)18(10)34-13-6-14(25(3)9-13)19(30)26-4-5-27-12(8-26)7-24-22(27)23/h7,10-11,13-16,29H,4-6,8-9H2,1-3H3,(H2,23,24)(H,32,33)/t10-,11-,13+,14+,15-,16-/m1/s1. The van der Waals surface area contributed by atoms with Gasteiger partial charge in [-0.25, -0.2) is 9.78 Å². The number of hydrogen-bond donors (Lipinski definition) is 3. The van der Waals surface area contributed by atoms with Crippen molar-refractivity contribution >= 4 is 35.5 Å². The van der Waals surface area contributed by atoms with Crippen molar-refractivity contribution in [3.63, 3.8) is 0 Å². The molecule has 0 aromatic carbocycles. The van der Waals surface area contributed by atoms with Crippen molar-refractivity contribution in [1.29, 1.82) is 0 Å². The number of nitrogens with zero attached hydrogens (tertiary/aromatic N) is 5. The number of thioether (sulfide) groups is 1. The third-order valence-corrected chi connectivity index (χ3v) is 9.12. The highest BCUT2D eigenvalue weighted by Gasteiger charge is 2.60. The van der Waals surface area contributed by atoms with Crippen LogP contribution >= 0.6 is 11.8 Å². The molecule has 2 amide bonds. The molecule has 34 heavy (non-hydrogen) atoms. The zero-order chi connectivity index (χ0) is 24.5. The number of aliphatic hydroxyl groups is 1. The predicted octanol–water partition coefficient (Wildman–Crippen LogP) is -0.233. The van der Waals surface area contributed by atoms with E-state index in [0.717, 1.165) is 5.69 Å². The highest BCUT2D eigenvalue weighted by molar-refractivity contribution is 8.03. The second kappa shape index (κ2) is 8.28. The molecule has 4 aliphatic rings. The summed E-state index contributed by atoms with van der Waals surface area (Å²) in [6.45, 7) is 5.78. The number of likely N-dealkylation sites (N-methyl/N-ethyl adjacent to an activating group) is 1. The lowest BCUT2D eigenvalue weighted by atomic mass is 9.79. The van der Waals surface area contributed by atoms with E-state index in [1.807, 2.05) is 28.3 Å². The number of carboxylic acids is 1. The molecule has 12 heteroatoms. The van der Waals surface area contributed by atoms with E-state index in [2.05, 4.69) is 4.98 Å². The summed E-state index contributed by atoms with van der Waals surface area (Å²) in [6, 6.07) is -0.623. The van der Waals surface area contributed by atoms with Gasteiger partial charge < -0.3 is 30.3 Å². The zero-order valence-electron chi connectivity index (χ0n) is 19.4. The minimum Gasteiger partial charge on any atom is -0.477 e. The Morgan fingerprint density at radius 2 is 2.06 bits per heavy atom. The van der Waals surface area contributed by atoms with Gasteiger partial charge in [0.05, 0.1) is 42.5 Å². The Hall–Kier alpha value is -2.57. The molecule has 4 N–H and O–H groups in total. The SMILES string of the molecule is C[C@@H](O)[C@H]1C(=O)N2C(C(=O)O)=C(S[C@H]3C[C@@H](C(=O)N4CCn5c(cnc5N)C4)N(C)C3)[C@H](C)[C@H]12. The number of β-lactam (4-membered cyclic amide) rings is 1. The fraction of sp³-hybridized carbons (Fsp3) is 0.636. The van der Waals surface area contributed by atoms with Gasteiger partial charge >= 0.3 is 5.97 Å². The molecule has 1 aromatic rings. The van der Waals surface area contributed by atoms with Crippen molar-refractivity contribution in [3.05, 3.63) is 22.5 Å². The summed E-state index contributed by atoms with van der Waals surface area (Å²) in [5.41, 5.74) is 6.83. The summed E-state index contributed by atoms with van der Waals surface area (Å²) >= 11 is 1.47. The van der Waals surface area contributed by atoms with Gasteiger partial charge in [-0.2, -0.15) is 0 Å². The van der Waals surface area contributed by atoms with E-state index in [1.54, 1.807) is 13.1 Å². The number of aromatic nitrogens is 2. The van der Waals surface area contributed by atoms with Crippen molar-refractivity contribution < 1.29 is 24.6 Å². The van der Waals surface area contributed by atoms with E-state index in [1.165, 1.54) is 16.7 Å². The largest absolute Gasteiger partial charge is 0.477 e. The molecule has 11 nitrogen and oxygen atoms in total. The first kappa shape index (κ1) is 23.2. The molecule has 0 unspecified atom stereocenters. The number of nitrogen functional groups attached to an aromatic ring is 1. The van der Waals surface area contributed by atoms with E-state index < -0.39 is 18.0 Å². The van der Waals surface area contributed by atoms with Crippen LogP contribution in [0.15, 0.2) is 16.8 Å². The smallest absolute Gasteiger partial charge is 0.353 e. The summed E-state index contributed by atoms with van der Waals surface area (Å²) in [4.78, 5) is 48.0. The van der Waals surface area contributed by atoms with E-state index in [9.17, 15) is 24.6 Å². The molecule has 1 aromatic heterocycles. The van der Waals surface area contributed by atoms with Crippen LogP contribution in [0.1, 0.15) is 26.0 Å². The zero-order valence-corrected chi connectivity index (χ0v) is 20.2. The van der Waals surface area contributed by atoms with E-state index in [0.29, 0.717) is 43.5 Å². The number of rotatable bonds is 5. The monoisotopic (exact) mass is 490 g/mol. The van der Waals surface area contributed by atoms with Crippen LogP contribution in [-0.4, -0.2) is 95.8 Å². The number of aliphatic carboxylic acids is 1. The van der Waals surface area contributed by atoms with Crippen LogP contribution in [0.25, 0.3) is 0 Å². The second-order valence-electron chi connectivity index (χ2n) is 9.72. The first-order chi connectivity index (χ1) is 16.1. The topological polar surface area (TPSA) is 145 Å². The van der Waals surface area contributed by atoms with Crippen molar-refractivity contribution in [1.82, 2.24) is 24.3 Å². The molecule has 2 saturated heterocycles. The number of imidazole rings is 1. The molecule has 0 radical (unpaired) electrons. The van der Waals surface area contributed by atoms with Gasteiger partial charge in [-0.05, 0) is 20.4 Å². The highest BCUT2D eigenvalue weighted by Crippen LogP contribution is 2.52. The Balaban J connectivity index is 1.30. The lowest BCUT2D eigenvalue weighted by Gasteiger charge is -2.46. The van der Waals surface area contributed by atoms with Crippen LogP contribution < -0.4 is 5.73 Å². The fourth-order valence-electron chi connectivity index (χ4n) is 5.89. The van der Waals surface area contributed by atoms with Gasteiger partial charge in [-0.1, -0.05) is 6.92 Å². The summed E-state index contributed by atoms with van der Waals surface area (Å²) in [5.74, 6) is -1.70. The number of aliphatic hydroxyl groups excluding tert-OH is 1. The molecule has 6 atom stereocenters. The van der Waals surface area contributed by atoms with Crippen molar-refractivity contribution in [3.8, 4) is 0 Å². The predicted molar refractivity (Wildman–Crippen MR) is 124 cm³/mol. The number of nitrogens with two attached hydrogens (primary N) is 1. The number of amides is 2. The average Bonchev–Trinajstić information content (AvgIpc) is 3.40. The number of likely N-dealkylation sites (tertiary alicyclic amines) is 1. The van der Waals surface area contributed by atoms with Gasteiger partial charge in [0.1, 0.15) is 5.70 Å². The maximum atomic E-state index is 13.3. The Morgan fingerprint density at radius 3 is 2.74 bits per heavy atom. The Kier molecular flexibility index (Phi) is 5.64. The molecule has 0 saturated carbocycles. The average molecular weight is 491 g/mol. The third-order valence-electron chi connectivity index (χ3n) is 7.63. The lowest BCUT2D eigenvalue weighted by Crippen LogP contribution is -2.63. The fourth-order valence-corrected chi connectivity index (χ4v) is 7.49. The van der Waals surface area contributed by atoms with Crippen LogP contribution in [-0.2, 0) is 27.5 Å². The van der Waals surface area contributed by atoms with Crippen LogP contribution in [0.2, 0.25) is 0 Å². The van der Waals surface area contributed by atoms with Gasteiger partial charge in [0.25, 0.3) is 0 Å². The molecule has 4 aliphatic heterocycles. The maximum Gasteiger partial charge on any atom is 0.353 e. The molecular weight excluding hydrogens is 460 g/mol. The van der Waals surface area contributed by atoms with E-state index >= 15 is 0 Å². The van der Waals surface area contributed by atoms with E-state index in [4.69, 9.17) is 5.73 Å². The van der Waals surface area contributed by atoms with Gasteiger partial charge in [0.2, 0.25) is 11.8 Å². The number of carbonyl (C=O) groups excluding carboxylic acids is 2. The Morgan fingerprint density at radius 1 is 1.32 bits per heavy atom. The third kappa shape index (κ3) is 3.42. The molecule has 2 fully saturated rings. The molecule has 0 bridgehead atoms. The summed E-state index contributed by atoms with van der Waals surface area (Å²) in [5, 5.41) is 19.9. The van der Waals surface area contributed by atoms with Crippen LogP contribution in [0.5, 0.6) is 0 Å². The number of carboxylic acid groups (broad SMARTS) is 1. The maximum absolute atomic E-state index is 13.3. The lowest BCUT2D eigenvalue weighted by molar-refractivity contribution is -0.163. The second-order valence-corrected chi connectivity index (χ2v) is 11.1. The normalized spacial score (nSPS) is 32.0. The van der Waals surface area contributed by atoms with Crippen LogP contribution in [0.3, 0.4) is 0 Å². The molecule has 184 valence electrons. The van der Waals surface area contributed by atoms with Gasteiger partial charge in [0.15, 0.2) is 5.95 Å². The number of carbonyl (C=O) groups is 3. The first-order valence-electron chi connectivity index (χ1n) is 11.5. The van der Waals surface area contributed by atoms with Crippen LogP contribution in [0.4, 0.5) is 5.95 Å². The first-order valence-corrected chi connectivity index (χ1v) is 12.4. The van der Waals surface area contributed by atoms with Crippen molar-refractivity contribution in [2.75, 3.05) is 25.9 Å². The van der Waals surface area contributed by atoms with Gasteiger partial charge in [-0.15, -0.1) is 11.8 Å². The highest BCUT2D eigenvalue weighted by atomic mass is 32.2. The van der Waals surface area contributed by atoms with Gasteiger partial charge in [0, 0.05) is 35.7 Å². The number of anilines is 1. The molecule has 0 aliphatic carbocycles. The number of fused-ring (bicyclic) bond motifs is 2. The van der Waals surface area contributed by atoms with E-state index in [-0.39, 0.29) is 40.8 Å².